The van der Waals surface area contributed by atoms with Gasteiger partial charge in [-0.2, -0.15) is 0 Å². The van der Waals surface area contributed by atoms with Crippen molar-refractivity contribution in [2.75, 3.05) is 39.5 Å². The van der Waals surface area contributed by atoms with Crippen molar-refractivity contribution < 1.29 is 37.2 Å². The molecule has 1 aliphatic rings. The third kappa shape index (κ3) is 8.70. The van der Waals surface area contributed by atoms with E-state index in [1.165, 1.54) is 6.08 Å². The van der Waals surface area contributed by atoms with Gasteiger partial charge in [-0.15, -0.1) is 6.58 Å². The average Bonchev–Trinajstić information content (AvgIpc) is 3.19. The van der Waals surface area contributed by atoms with Gasteiger partial charge in [-0.05, 0) is 43.0 Å². The molecule has 38 heavy (non-hydrogen) atoms. The number of ether oxygens (including phenoxy) is 2. The second-order valence-corrected chi connectivity index (χ2v) is 11.0. The Morgan fingerprint density at radius 2 is 1.42 bits per heavy atom. The molecule has 206 valence electrons. The molecule has 0 aromatic heterocycles. The number of phosphoric acid groups is 1. The first-order chi connectivity index (χ1) is 18.1. The summed E-state index contributed by atoms with van der Waals surface area (Å²) < 4.78 is 39.1. The Labute approximate surface area is 223 Å². The number of carbonyl (C=O) groups is 2. The topological polar surface area (TPSA) is 121 Å². The van der Waals surface area contributed by atoms with E-state index in [1.54, 1.807) is 20.8 Å². The van der Waals surface area contributed by atoms with E-state index in [-0.39, 0.29) is 45.4 Å². The maximum atomic E-state index is 12.8. The summed E-state index contributed by atoms with van der Waals surface area (Å²) in [7, 11) is -3.96. The van der Waals surface area contributed by atoms with Crippen LogP contribution in [-0.2, 0) is 27.6 Å². The summed E-state index contributed by atoms with van der Waals surface area (Å²) in [5, 5.41) is 5.06. The van der Waals surface area contributed by atoms with Crippen LogP contribution in [0.15, 0.2) is 61.2 Å². The van der Waals surface area contributed by atoms with Gasteiger partial charge in [-0.1, -0.05) is 54.6 Å². The zero-order chi connectivity index (χ0) is 27.6. The molecule has 2 N–H and O–H groups in total. The lowest BCUT2D eigenvalue weighted by Crippen LogP contribution is -2.34. The van der Waals surface area contributed by atoms with Crippen LogP contribution in [0.2, 0.25) is 0 Å². The SMILES string of the molecule is C=CCOP(=O)(OCCNC(=O)OCC1c2ccccc2-c2ccccc21)OCCNC(=O)OC(C)(C)C. The second-order valence-electron chi connectivity index (χ2n) is 9.38. The third-order valence-electron chi connectivity index (χ3n) is 5.33. The molecule has 0 fully saturated rings. The number of alkyl carbamates (subject to hydrolysis) is 2. The number of fused-ring (bicyclic) bond motifs is 3. The van der Waals surface area contributed by atoms with E-state index in [2.05, 4.69) is 29.3 Å². The van der Waals surface area contributed by atoms with Crippen molar-refractivity contribution >= 4 is 20.0 Å². The van der Waals surface area contributed by atoms with Crippen molar-refractivity contribution in [2.45, 2.75) is 32.3 Å². The number of benzene rings is 2. The fraction of sp³-hybridized carbons (Fsp3) is 0.407. The number of carbonyl (C=O) groups excluding carboxylic acids is 2. The Hall–Kier alpha value is -3.17. The van der Waals surface area contributed by atoms with Crippen LogP contribution in [0, 0.1) is 0 Å². The standard InChI is InChI=1S/C27H35N2O8P/c1-5-16-34-38(32,36-18-15-29-26(31)37-27(2,3)4)35-17-14-28-25(30)33-19-24-22-12-8-6-10-20(22)21-11-7-9-13-23(21)24/h5-13,24H,1,14-19H2,2-4H3,(H,28,30)(H,29,31). The molecule has 2 amide bonds. The average molecular weight is 547 g/mol. The summed E-state index contributed by atoms with van der Waals surface area (Å²) in [6, 6.07) is 16.1. The van der Waals surface area contributed by atoms with E-state index in [0.29, 0.717) is 0 Å². The monoisotopic (exact) mass is 546 g/mol. The molecular formula is C27H35N2O8P. The van der Waals surface area contributed by atoms with Crippen LogP contribution in [0.4, 0.5) is 9.59 Å². The van der Waals surface area contributed by atoms with Crippen molar-refractivity contribution in [2.24, 2.45) is 0 Å². The van der Waals surface area contributed by atoms with Gasteiger partial charge in [0.1, 0.15) is 12.2 Å². The largest absolute Gasteiger partial charge is 0.475 e. The maximum Gasteiger partial charge on any atom is 0.475 e. The summed E-state index contributed by atoms with van der Waals surface area (Å²) in [5.41, 5.74) is 3.87. The highest BCUT2D eigenvalue weighted by atomic mass is 31.2. The van der Waals surface area contributed by atoms with Crippen LogP contribution >= 0.6 is 7.82 Å². The van der Waals surface area contributed by atoms with E-state index in [9.17, 15) is 14.2 Å². The first-order valence-electron chi connectivity index (χ1n) is 12.3. The number of amides is 2. The minimum atomic E-state index is -3.96. The van der Waals surface area contributed by atoms with E-state index >= 15 is 0 Å². The quantitative estimate of drug-likeness (QED) is 0.195. The fourth-order valence-electron chi connectivity index (χ4n) is 3.84. The Kier molecular flexibility index (Phi) is 10.5. The fourth-order valence-corrected chi connectivity index (χ4v) is 4.98. The summed E-state index contributed by atoms with van der Waals surface area (Å²) in [6.07, 6.45) is 0.142. The number of hydrogen-bond donors (Lipinski definition) is 2. The van der Waals surface area contributed by atoms with Gasteiger partial charge < -0.3 is 20.1 Å². The molecule has 3 rings (SSSR count). The highest BCUT2D eigenvalue weighted by Crippen LogP contribution is 2.49. The van der Waals surface area contributed by atoms with Crippen LogP contribution < -0.4 is 10.6 Å². The number of phosphoric ester groups is 1. The Bertz CT molecular complexity index is 1120. The summed E-state index contributed by atoms with van der Waals surface area (Å²) in [5.74, 6) is -0.0559. The molecule has 0 bridgehead atoms. The van der Waals surface area contributed by atoms with Crippen molar-refractivity contribution in [3.8, 4) is 11.1 Å². The van der Waals surface area contributed by atoms with Crippen molar-refractivity contribution in [1.29, 1.82) is 0 Å². The van der Waals surface area contributed by atoms with Crippen molar-refractivity contribution in [3.63, 3.8) is 0 Å². The molecule has 1 aliphatic carbocycles. The summed E-state index contributed by atoms with van der Waals surface area (Å²) in [6.45, 7) is 8.58. The van der Waals surface area contributed by atoms with Gasteiger partial charge in [0, 0.05) is 19.0 Å². The zero-order valence-corrected chi connectivity index (χ0v) is 22.8. The van der Waals surface area contributed by atoms with Crippen LogP contribution in [0.3, 0.4) is 0 Å². The predicted octanol–water partition coefficient (Wildman–Crippen LogP) is 5.39. The van der Waals surface area contributed by atoms with E-state index in [1.807, 2.05) is 36.4 Å². The molecule has 0 saturated heterocycles. The molecule has 1 atom stereocenters. The van der Waals surface area contributed by atoms with Crippen LogP contribution in [0.1, 0.15) is 37.8 Å². The maximum absolute atomic E-state index is 12.8. The minimum absolute atomic E-state index is 0.0115. The number of hydrogen-bond acceptors (Lipinski definition) is 8. The zero-order valence-electron chi connectivity index (χ0n) is 21.9. The molecule has 0 aliphatic heterocycles. The Morgan fingerprint density at radius 3 is 1.95 bits per heavy atom. The molecule has 2 aromatic rings. The van der Waals surface area contributed by atoms with Gasteiger partial charge in [0.25, 0.3) is 0 Å². The van der Waals surface area contributed by atoms with Gasteiger partial charge in [0.2, 0.25) is 0 Å². The van der Waals surface area contributed by atoms with E-state index < -0.39 is 25.6 Å². The summed E-state index contributed by atoms with van der Waals surface area (Å²) in [4.78, 5) is 24.0. The molecule has 2 aromatic carbocycles. The molecule has 0 radical (unpaired) electrons. The molecular weight excluding hydrogens is 511 g/mol. The Balaban J connectivity index is 1.41. The van der Waals surface area contributed by atoms with Gasteiger partial charge in [-0.3, -0.25) is 13.6 Å². The van der Waals surface area contributed by atoms with Crippen molar-refractivity contribution in [3.05, 3.63) is 72.3 Å². The minimum Gasteiger partial charge on any atom is -0.449 e. The second kappa shape index (κ2) is 13.6. The lowest BCUT2D eigenvalue weighted by molar-refractivity contribution is 0.0510. The van der Waals surface area contributed by atoms with Crippen molar-refractivity contribution in [1.82, 2.24) is 10.6 Å². The first-order valence-corrected chi connectivity index (χ1v) is 13.8. The smallest absolute Gasteiger partial charge is 0.449 e. The van der Waals surface area contributed by atoms with E-state index in [4.69, 9.17) is 23.0 Å². The Morgan fingerprint density at radius 1 is 0.895 bits per heavy atom. The first kappa shape index (κ1) is 29.4. The molecule has 0 heterocycles. The van der Waals surface area contributed by atoms with Gasteiger partial charge in [-0.25, -0.2) is 14.2 Å². The third-order valence-corrected chi connectivity index (χ3v) is 6.80. The lowest BCUT2D eigenvalue weighted by atomic mass is 9.98. The van der Waals surface area contributed by atoms with Gasteiger partial charge >= 0.3 is 20.0 Å². The van der Waals surface area contributed by atoms with Crippen LogP contribution in [-0.4, -0.2) is 57.3 Å². The molecule has 1 unspecified atom stereocenters. The molecule has 0 spiro atoms. The predicted molar refractivity (Wildman–Crippen MR) is 143 cm³/mol. The van der Waals surface area contributed by atoms with Gasteiger partial charge in [0.05, 0.1) is 19.8 Å². The highest BCUT2D eigenvalue weighted by Gasteiger charge is 2.29. The van der Waals surface area contributed by atoms with Gasteiger partial charge in [0.15, 0.2) is 0 Å². The van der Waals surface area contributed by atoms with E-state index in [0.717, 1.165) is 22.3 Å². The number of rotatable bonds is 13. The number of nitrogens with one attached hydrogen (secondary N) is 2. The molecule has 11 heteroatoms. The summed E-state index contributed by atoms with van der Waals surface area (Å²) >= 11 is 0. The molecule has 0 saturated carbocycles. The highest BCUT2D eigenvalue weighted by molar-refractivity contribution is 7.48. The molecule has 10 nitrogen and oxygen atoms in total. The normalized spacial score (nSPS) is 14.1. The van der Waals surface area contributed by atoms with Crippen LogP contribution in [0.25, 0.3) is 11.1 Å². The van der Waals surface area contributed by atoms with Crippen LogP contribution in [0.5, 0.6) is 0 Å². The lowest BCUT2D eigenvalue weighted by Gasteiger charge is -2.20.